The summed E-state index contributed by atoms with van der Waals surface area (Å²) in [6, 6.07) is 7.43. The van der Waals surface area contributed by atoms with E-state index >= 15 is 0 Å². The predicted molar refractivity (Wildman–Crippen MR) is 86.9 cm³/mol. The average Bonchev–Trinajstić information content (AvgIpc) is 2.74. The van der Waals surface area contributed by atoms with Gasteiger partial charge in [0.1, 0.15) is 0 Å². The van der Waals surface area contributed by atoms with Crippen LogP contribution in [0.2, 0.25) is 0 Å². The highest BCUT2D eigenvalue weighted by Crippen LogP contribution is 2.36. The molecule has 1 aromatic rings. The Hall–Kier alpha value is -0.860. The van der Waals surface area contributed by atoms with Gasteiger partial charge in [-0.1, -0.05) is 58.7 Å². The summed E-state index contributed by atoms with van der Waals surface area (Å²) in [5.41, 5.74) is 10.6. The molecule has 0 amide bonds. The summed E-state index contributed by atoms with van der Waals surface area (Å²) in [5.74, 6) is 0. The van der Waals surface area contributed by atoms with E-state index in [9.17, 15) is 0 Å². The molecular weight excluding hydrogens is 244 g/mol. The normalized spacial score (nSPS) is 19.4. The summed E-state index contributed by atoms with van der Waals surface area (Å²) >= 11 is 0. The molecule has 0 saturated heterocycles. The largest absolute Gasteiger partial charge is 0.329 e. The predicted octanol–water partition coefficient (Wildman–Crippen LogP) is 3.99. The third-order valence-corrected chi connectivity index (χ3v) is 4.46. The molecule has 1 unspecified atom stereocenters. The van der Waals surface area contributed by atoms with Gasteiger partial charge in [-0.15, -0.1) is 0 Å². The van der Waals surface area contributed by atoms with E-state index in [1.54, 1.807) is 0 Å². The van der Waals surface area contributed by atoms with Crippen LogP contribution in [-0.2, 0) is 12.0 Å². The topological polar surface area (TPSA) is 29.3 Å². The maximum Gasteiger partial charge on any atom is 0.0477 e. The van der Waals surface area contributed by atoms with Crippen LogP contribution >= 0.6 is 0 Å². The minimum Gasteiger partial charge on any atom is -0.329 e. The van der Waals surface area contributed by atoms with Crippen LogP contribution in [-0.4, -0.2) is 18.0 Å². The molecule has 2 rings (SSSR count). The van der Waals surface area contributed by atoms with Crippen molar-refractivity contribution >= 4 is 0 Å². The van der Waals surface area contributed by atoms with E-state index in [0.717, 1.165) is 13.1 Å². The van der Waals surface area contributed by atoms with E-state index in [4.69, 9.17) is 5.73 Å². The van der Waals surface area contributed by atoms with Crippen LogP contribution in [0.3, 0.4) is 0 Å². The Kier molecular flexibility index (Phi) is 4.87. The van der Waals surface area contributed by atoms with Crippen LogP contribution in [0.25, 0.3) is 0 Å². The first-order chi connectivity index (χ1) is 9.47. The molecule has 0 spiro atoms. The lowest BCUT2D eigenvalue weighted by atomic mass is 9.85. The van der Waals surface area contributed by atoms with Crippen molar-refractivity contribution in [3.63, 3.8) is 0 Å². The van der Waals surface area contributed by atoms with Gasteiger partial charge in [-0.2, -0.15) is 0 Å². The molecular formula is C18H30N2. The Bertz CT molecular complexity index is 445. The fourth-order valence-electron chi connectivity index (χ4n) is 3.12. The lowest BCUT2D eigenvalue weighted by molar-refractivity contribution is 0.215. The number of hydrogen-bond acceptors (Lipinski definition) is 2. The van der Waals surface area contributed by atoms with Gasteiger partial charge in [-0.25, -0.2) is 0 Å². The fourth-order valence-corrected chi connectivity index (χ4v) is 3.12. The van der Waals surface area contributed by atoms with Gasteiger partial charge in [-0.05, 0) is 35.1 Å². The van der Waals surface area contributed by atoms with E-state index in [-0.39, 0.29) is 5.41 Å². The standard InChI is InChI=1S/C18H30N2/c1-5-6-7-10-20-13-14-8-9-15(18(2,3)4)11-16(14)17(20)12-19/h8-9,11,17H,5-7,10,12-13,19H2,1-4H3. The van der Waals surface area contributed by atoms with E-state index in [2.05, 4.69) is 50.8 Å². The smallest absolute Gasteiger partial charge is 0.0477 e. The van der Waals surface area contributed by atoms with E-state index < -0.39 is 0 Å². The minimum atomic E-state index is 0.212. The van der Waals surface area contributed by atoms with Crippen molar-refractivity contribution in [3.8, 4) is 0 Å². The Labute approximate surface area is 124 Å². The first kappa shape index (κ1) is 15.5. The summed E-state index contributed by atoms with van der Waals surface area (Å²) in [5, 5.41) is 0. The van der Waals surface area contributed by atoms with Crippen molar-refractivity contribution in [2.75, 3.05) is 13.1 Å². The van der Waals surface area contributed by atoms with Crippen LogP contribution in [0.4, 0.5) is 0 Å². The van der Waals surface area contributed by atoms with E-state index in [1.165, 1.54) is 42.5 Å². The Morgan fingerprint density at radius 1 is 1.25 bits per heavy atom. The number of nitrogens with two attached hydrogens (primary N) is 1. The SMILES string of the molecule is CCCCCN1Cc2ccc(C(C)(C)C)cc2C1CN. The van der Waals surface area contributed by atoms with Gasteiger partial charge >= 0.3 is 0 Å². The van der Waals surface area contributed by atoms with Crippen LogP contribution < -0.4 is 5.73 Å². The number of hydrogen-bond donors (Lipinski definition) is 1. The molecule has 1 aliphatic heterocycles. The zero-order chi connectivity index (χ0) is 14.8. The van der Waals surface area contributed by atoms with Crippen molar-refractivity contribution < 1.29 is 0 Å². The molecule has 2 nitrogen and oxygen atoms in total. The van der Waals surface area contributed by atoms with Crippen LogP contribution in [0.1, 0.15) is 69.7 Å². The summed E-state index contributed by atoms with van der Waals surface area (Å²) in [6.07, 6.45) is 3.88. The molecule has 1 aliphatic rings. The monoisotopic (exact) mass is 274 g/mol. The average molecular weight is 274 g/mol. The van der Waals surface area contributed by atoms with Gasteiger partial charge in [0, 0.05) is 19.1 Å². The highest BCUT2D eigenvalue weighted by atomic mass is 15.2. The lowest BCUT2D eigenvalue weighted by Crippen LogP contribution is -2.29. The molecule has 0 radical (unpaired) electrons. The third-order valence-electron chi connectivity index (χ3n) is 4.46. The van der Waals surface area contributed by atoms with E-state index in [1.807, 2.05) is 0 Å². The van der Waals surface area contributed by atoms with Crippen LogP contribution in [0.15, 0.2) is 18.2 Å². The van der Waals surface area contributed by atoms with Gasteiger partial charge in [0.25, 0.3) is 0 Å². The summed E-state index contributed by atoms with van der Waals surface area (Å²) < 4.78 is 0. The number of nitrogens with zero attached hydrogens (tertiary/aromatic N) is 1. The first-order valence-corrected chi connectivity index (χ1v) is 8.04. The second-order valence-corrected chi connectivity index (χ2v) is 7.09. The second kappa shape index (κ2) is 6.28. The van der Waals surface area contributed by atoms with E-state index in [0.29, 0.717) is 6.04 Å². The molecule has 20 heavy (non-hydrogen) atoms. The van der Waals surface area contributed by atoms with Gasteiger partial charge in [0.2, 0.25) is 0 Å². The number of rotatable bonds is 5. The molecule has 1 heterocycles. The zero-order valence-electron chi connectivity index (χ0n) is 13.6. The number of unbranched alkanes of at least 4 members (excludes halogenated alkanes) is 2. The molecule has 0 saturated carbocycles. The van der Waals surface area contributed by atoms with Crippen molar-refractivity contribution in [3.05, 3.63) is 34.9 Å². The molecule has 2 heteroatoms. The summed E-state index contributed by atoms with van der Waals surface area (Å²) in [7, 11) is 0. The Morgan fingerprint density at radius 2 is 2.00 bits per heavy atom. The molecule has 1 atom stereocenters. The molecule has 0 aromatic heterocycles. The highest BCUT2D eigenvalue weighted by Gasteiger charge is 2.29. The maximum atomic E-state index is 6.06. The minimum absolute atomic E-state index is 0.212. The van der Waals surface area contributed by atoms with Crippen LogP contribution in [0.5, 0.6) is 0 Å². The highest BCUT2D eigenvalue weighted by molar-refractivity contribution is 5.40. The quantitative estimate of drug-likeness (QED) is 0.823. The van der Waals surface area contributed by atoms with Gasteiger partial charge in [-0.3, -0.25) is 4.90 Å². The molecule has 0 aliphatic carbocycles. The van der Waals surface area contributed by atoms with Crippen molar-refractivity contribution in [2.45, 2.75) is 65.0 Å². The molecule has 112 valence electrons. The third kappa shape index (κ3) is 3.24. The maximum absolute atomic E-state index is 6.06. The first-order valence-electron chi connectivity index (χ1n) is 8.04. The lowest BCUT2D eigenvalue weighted by Gasteiger charge is -2.24. The molecule has 0 bridgehead atoms. The molecule has 0 fully saturated rings. The van der Waals surface area contributed by atoms with Gasteiger partial charge in [0.05, 0.1) is 0 Å². The number of fused-ring (bicyclic) bond motifs is 1. The zero-order valence-corrected chi connectivity index (χ0v) is 13.6. The fraction of sp³-hybridized carbons (Fsp3) is 0.667. The Morgan fingerprint density at radius 3 is 2.60 bits per heavy atom. The van der Waals surface area contributed by atoms with Crippen LogP contribution in [0, 0.1) is 0 Å². The number of benzene rings is 1. The van der Waals surface area contributed by atoms with Crippen molar-refractivity contribution in [1.82, 2.24) is 4.90 Å². The molecule has 1 aromatic carbocycles. The Balaban J connectivity index is 2.18. The van der Waals surface area contributed by atoms with Gasteiger partial charge in [0.15, 0.2) is 0 Å². The second-order valence-electron chi connectivity index (χ2n) is 7.09. The van der Waals surface area contributed by atoms with Crippen molar-refractivity contribution in [2.24, 2.45) is 5.73 Å². The molecule has 2 N–H and O–H groups in total. The van der Waals surface area contributed by atoms with Crippen molar-refractivity contribution in [1.29, 1.82) is 0 Å². The van der Waals surface area contributed by atoms with Gasteiger partial charge < -0.3 is 5.73 Å². The summed E-state index contributed by atoms with van der Waals surface area (Å²) in [4.78, 5) is 2.56. The summed E-state index contributed by atoms with van der Waals surface area (Å²) in [6.45, 7) is 12.1.